The van der Waals surface area contributed by atoms with Gasteiger partial charge in [-0.15, -0.1) is 10.2 Å². The van der Waals surface area contributed by atoms with Crippen molar-refractivity contribution in [3.05, 3.63) is 87.7 Å². The maximum absolute atomic E-state index is 13.4. The molecule has 0 spiro atoms. The Kier molecular flexibility index (Phi) is 4.65. The Morgan fingerprint density at radius 1 is 1.07 bits per heavy atom. The molecule has 7 heteroatoms. The number of fused-ring (bicyclic) bond motifs is 1. The molecule has 0 aliphatic carbocycles. The summed E-state index contributed by atoms with van der Waals surface area (Å²) in [4.78, 5) is 18.0. The fourth-order valence-corrected chi connectivity index (χ4v) is 3.02. The molecular weight excluding hydrogens is 345 g/mol. The molecule has 3 N–H and O–H groups in total. The first kappa shape index (κ1) is 17.0. The minimum atomic E-state index is -0.263. The molecule has 2 aromatic carbocycles. The molecule has 2 aromatic heterocycles. The first-order chi connectivity index (χ1) is 13.2. The van der Waals surface area contributed by atoms with Gasteiger partial charge in [0.25, 0.3) is 5.56 Å². The average Bonchev–Trinajstić information content (AvgIpc) is 3.07. The number of hydrogen-bond acceptors (Lipinski definition) is 4. The van der Waals surface area contributed by atoms with Crippen LogP contribution < -0.4 is 10.9 Å². The Morgan fingerprint density at radius 2 is 1.93 bits per heavy atom. The minimum absolute atomic E-state index is 0.259. The lowest BCUT2D eigenvalue weighted by Crippen LogP contribution is -2.20. The SMILES string of the molecule is O=c1[nH]c(NCCc2c[nH]c3ccc(F)cc23)nnc1Cc1ccccc1. The van der Waals surface area contributed by atoms with E-state index in [1.165, 1.54) is 12.1 Å². The van der Waals surface area contributed by atoms with Crippen LogP contribution in [0.25, 0.3) is 10.9 Å². The summed E-state index contributed by atoms with van der Waals surface area (Å²) in [5.74, 6) is 0.0587. The van der Waals surface area contributed by atoms with Crippen LogP contribution in [0.5, 0.6) is 0 Å². The van der Waals surface area contributed by atoms with Gasteiger partial charge in [0.15, 0.2) is 0 Å². The predicted octanol–water partition coefficient (Wildman–Crippen LogP) is 3.03. The zero-order valence-corrected chi connectivity index (χ0v) is 14.5. The molecule has 27 heavy (non-hydrogen) atoms. The molecule has 0 amide bonds. The van der Waals surface area contributed by atoms with E-state index in [0.29, 0.717) is 31.0 Å². The molecule has 2 heterocycles. The molecule has 0 radical (unpaired) electrons. The third-order valence-corrected chi connectivity index (χ3v) is 4.40. The van der Waals surface area contributed by atoms with Gasteiger partial charge in [-0.25, -0.2) is 4.39 Å². The summed E-state index contributed by atoms with van der Waals surface area (Å²) in [6.07, 6.45) is 2.95. The molecule has 0 saturated heterocycles. The molecule has 0 atom stereocenters. The summed E-state index contributed by atoms with van der Waals surface area (Å²) >= 11 is 0. The van der Waals surface area contributed by atoms with Crippen molar-refractivity contribution in [2.45, 2.75) is 12.8 Å². The lowest BCUT2D eigenvalue weighted by molar-refractivity contribution is 0.629. The van der Waals surface area contributed by atoms with Crippen molar-refractivity contribution in [1.82, 2.24) is 20.2 Å². The number of halogens is 1. The second kappa shape index (κ2) is 7.41. The second-order valence-electron chi connectivity index (χ2n) is 6.29. The largest absolute Gasteiger partial charge is 0.361 e. The molecule has 0 aliphatic heterocycles. The van der Waals surface area contributed by atoms with E-state index in [0.717, 1.165) is 22.0 Å². The lowest BCUT2D eigenvalue weighted by Gasteiger charge is -2.05. The van der Waals surface area contributed by atoms with Gasteiger partial charge in [-0.05, 0) is 35.7 Å². The molecule has 6 nitrogen and oxygen atoms in total. The molecule has 0 saturated carbocycles. The number of rotatable bonds is 6. The van der Waals surface area contributed by atoms with Crippen LogP contribution in [0, 0.1) is 5.82 Å². The Labute approximate surface area is 154 Å². The van der Waals surface area contributed by atoms with Crippen LogP contribution in [0.1, 0.15) is 16.8 Å². The van der Waals surface area contributed by atoms with Crippen LogP contribution in [-0.4, -0.2) is 26.7 Å². The van der Waals surface area contributed by atoms with Crippen molar-refractivity contribution in [3.8, 4) is 0 Å². The van der Waals surface area contributed by atoms with Gasteiger partial charge in [0.1, 0.15) is 11.5 Å². The Hall–Kier alpha value is -3.48. The number of nitrogens with one attached hydrogen (secondary N) is 3. The molecule has 4 rings (SSSR count). The maximum Gasteiger partial charge on any atom is 0.274 e. The topological polar surface area (TPSA) is 86.5 Å². The van der Waals surface area contributed by atoms with Gasteiger partial charge in [0.2, 0.25) is 5.95 Å². The first-order valence-corrected chi connectivity index (χ1v) is 8.68. The molecule has 0 bridgehead atoms. The summed E-state index contributed by atoms with van der Waals surface area (Å²) in [6.45, 7) is 0.534. The number of H-pyrrole nitrogens is 2. The molecule has 0 aliphatic rings. The summed E-state index contributed by atoms with van der Waals surface area (Å²) in [6, 6.07) is 14.3. The molecular formula is C20H18FN5O. The van der Waals surface area contributed by atoms with Crippen LogP contribution >= 0.6 is 0 Å². The number of hydrogen-bond donors (Lipinski definition) is 3. The monoisotopic (exact) mass is 363 g/mol. The normalized spacial score (nSPS) is 11.0. The minimum Gasteiger partial charge on any atom is -0.361 e. The fraction of sp³-hybridized carbons (Fsp3) is 0.150. The Balaban J connectivity index is 1.40. The highest BCUT2D eigenvalue weighted by Crippen LogP contribution is 2.19. The van der Waals surface area contributed by atoms with Gasteiger partial charge < -0.3 is 10.3 Å². The van der Waals surface area contributed by atoms with Crippen molar-refractivity contribution in [3.63, 3.8) is 0 Å². The van der Waals surface area contributed by atoms with Gasteiger partial charge >= 0.3 is 0 Å². The van der Waals surface area contributed by atoms with E-state index >= 15 is 0 Å². The van der Waals surface area contributed by atoms with Gasteiger partial charge in [0.05, 0.1) is 0 Å². The summed E-state index contributed by atoms with van der Waals surface area (Å²) in [5.41, 5.74) is 3.01. The molecule has 0 unspecified atom stereocenters. The van der Waals surface area contributed by atoms with Crippen LogP contribution in [-0.2, 0) is 12.8 Å². The van der Waals surface area contributed by atoms with E-state index in [-0.39, 0.29) is 11.4 Å². The number of anilines is 1. The highest BCUT2D eigenvalue weighted by molar-refractivity contribution is 5.83. The molecule has 136 valence electrons. The average molecular weight is 363 g/mol. The third kappa shape index (κ3) is 3.87. The third-order valence-electron chi connectivity index (χ3n) is 4.40. The smallest absolute Gasteiger partial charge is 0.274 e. The molecule has 4 aromatic rings. The van der Waals surface area contributed by atoms with Crippen LogP contribution in [0.15, 0.2) is 59.5 Å². The summed E-state index contributed by atoms with van der Waals surface area (Å²) in [7, 11) is 0. The van der Waals surface area contributed by atoms with Crippen molar-refractivity contribution < 1.29 is 4.39 Å². The second-order valence-corrected chi connectivity index (χ2v) is 6.29. The summed E-state index contributed by atoms with van der Waals surface area (Å²) < 4.78 is 13.4. The van der Waals surface area contributed by atoms with Gasteiger partial charge in [-0.2, -0.15) is 0 Å². The summed E-state index contributed by atoms with van der Waals surface area (Å²) in [5, 5.41) is 12.0. The van der Waals surface area contributed by atoms with E-state index < -0.39 is 0 Å². The lowest BCUT2D eigenvalue weighted by atomic mass is 10.1. The first-order valence-electron chi connectivity index (χ1n) is 8.68. The Bertz CT molecular complexity index is 1120. The predicted molar refractivity (Wildman–Crippen MR) is 102 cm³/mol. The van der Waals surface area contributed by atoms with Crippen LogP contribution in [0.4, 0.5) is 10.3 Å². The number of aromatic amines is 2. The van der Waals surface area contributed by atoms with Crippen LogP contribution in [0.3, 0.4) is 0 Å². The van der Waals surface area contributed by atoms with E-state index in [9.17, 15) is 9.18 Å². The highest BCUT2D eigenvalue weighted by atomic mass is 19.1. The van der Waals surface area contributed by atoms with E-state index in [1.807, 2.05) is 36.5 Å². The van der Waals surface area contributed by atoms with Crippen molar-refractivity contribution in [2.75, 3.05) is 11.9 Å². The highest BCUT2D eigenvalue weighted by Gasteiger charge is 2.07. The van der Waals surface area contributed by atoms with E-state index in [1.54, 1.807) is 6.07 Å². The fourth-order valence-electron chi connectivity index (χ4n) is 3.02. The standard InChI is InChI=1S/C20H18FN5O/c21-15-6-7-17-16(11-15)14(12-23-17)8-9-22-20-24-19(27)18(25-26-20)10-13-4-2-1-3-5-13/h1-7,11-12,23H,8-10H2,(H2,22,24,26,27). The zero-order chi connectivity index (χ0) is 18.6. The van der Waals surface area contributed by atoms with E-state index in [2.05, 4.69) is 25.5 Å². The van der Waals surface area contributed by atoms with Gasteiger partial charge in [0, 0.05) is 30.1 Å². The van der Waals surface area contributed by atoms with E-state index in [4.69, 9.17) is 0 Å². The number of aromatic nitrogens is 4. The number of benzene rings is 2. The maximum atomic E-state index is 13.4. The van der Waals surface area contributed by atoms with Crippen LogP contribution in [0.2, 0.25) is 0 Å². The number of nitrogens with zero attached hydrogens (tertiary/aromatic N) is 2. The Morgan fingerprint density at radius 3 is 2.74 bits per heavy atom. The quantitative estimate of drug-likeness (QED) is 0.491. The zero-order valence-electron chi connectivity index (χ0n) is 14.5. The van der Waals surface area contributed by atoms with Gasteiger partial charge in [-0.1, -0.05) is 30.3 Å². The van der Waals surface area contributed by atoms with Crippen molar-refractivity contribution in [1.29, 1.82) is 0 Å². The van der Waals surface area contributed by atoms with Crippen molar-refractivity contribution in [2.24, 2.45) is 0 Å². The molecule has 0 fully saturated rings. The van der Waals surface area contributed by atoms with Gasteiger partial charge in [-0.3, -0.25) is 9.78 Å². The van der Waals surface area contributed by atoms with Crippen molar-refractivity contribution >= 4 is 16.9 Å².